The van der Waals surface area contributed by atoms with E-state index >= 15 is 0 Å². The fourth-order valence-electron chi connectivity index (χ4n) is 3.61. The van der Waals surface area contributed by atoms with Gasteiger partial charge in [0.05, 0.1) is 7.11 Å². The van der Waals surface area contributed by atoms with Crippen LogP contribution in [0.1, 0.15) is 38.7 Å². The van der Waals surface area contributed by atoms with E-state index in [0.29, 0.717) is 30.5 Å². The van der Waals surface area contributed by atoms with Crippen LogP contribution in [-0.2, 0) is 6.42 Å². The van der Waals surface area contributed by atoms with Gasteiger partial charge in [-0.1, -0.05) is 6.42 Å². The summed E-state index contributed by atoms with van der Waals surface area (Å²) in [5.74, 6) is 0.820. The summed E-state index contributed by atoms with van der Waals surface area (Å²) >= 11 is 0. The zero-order chi connectivity index (χ0) is 15.0. The standard InChI is InChI=1S/C17H24FNO2.ClH/c1-11(2)19(12-5-4-6-12)13-9-14-16(20-3)8-7-15(18)17(14)21-10-13;/h7-8,11-13H,4-6,9-10H2,1-3H3;1H. The second-order valence-corrected chi connectivity index (χ2v) is 6.35. The van der Waals surface area contributed by atoms with E-state index in [0.717, 1.165) is 17.7 Å². The lowest BCUT2D eigenvalue weighted by Crippen LogP contribution is -2.54. The van der Waals surface area contributed by atoms with E-state index < -0.39 is 0 Å². The van der Waals surface area contributed by atoms with E-state index in [1.807, 2.05) is 0 Å². The highest BCUT2D eigenvalue weighted by molar-refractivity contribution is 5.85. The van der Waals surface area contributed by atoms with Gasteiger partial charge in [0.15, 0.2) is 11.6 Å². The highest BCUT2D eigenvalue weighted by atomic mass is 35.5. The molecule has 0 bridgehead atoms. The molecule has 0 radical (unpaired) electrons. The van der Waals surface area contributed by atoms with Crippen molar-refractivity contribution in [2.75, 3.05) is 13.7 Å². The van der Waals surface area contributed by atoms with Gasteiger partial charge in [0, 0.05) is 23.7 Å². The first-order valence-electron chi connectivity index (χ1n) is 7.87. The lowest BCUT2D eigenvalue weighted by Gasteiger charge is -2.46. The number of ether oxygens (including phenoxy) is 2. The molecule has 124 valence electrons. The summed E-state index contributed by atoms with van der Waals surface area (Å²) in [6.07, 6.45) is 4.64. The summed E-state index contributed by atoms with van der Waals surface area (Å²) in [6.45, 7) is 5.03. The number of hydrogen-bond acceptors (Lipinski definition) is 3. The zero-order valence-corrected chi connectivity index (χ0v) is 14.3. The Labute approximate surface area is 138 Å². The van der Waals surface area contributed by atoms with Crippen molar-refractivity contribution in [2.45, 2.75) is 57.7 Å². The third-order valence-electron chi connectivity index (χ3n) is 4.76. The molecule has 3 rings (SSSR count). The SMILES string of the molecule is COc1ccc(F)c2c1CC(N(C(C)C)C1CCC1)CO2.Cl. The largest absolute Gasteiger partial charge is 0.496 e. The van der Waals surface area contributed by atoms with E-state index in [9.17, 15) is 4.39 Å². The smallest absolute Gasteiger partial charge is 0.165 e. The third-order valence-corrected chi connectivity index (χ3v) is 4.76. The van der Waals surface area contributed by atoms with Crippen molar-refractivity contribution in [2.24, 2.45) is 0 Å². The van der Waals surface area contributed by atoms with Gasteiger partial charge in [-0.15, -0.1) is 12.4 Å². The average Bonchev–Trinajstić information content (AvgIpc) is 2.42. The van der Waals surface area contributed by atoms with Crippen molar-refractivity contribution in [1.82, 2.24) is 4.90 Å². The van der Waals surface area contributed by atoms with Gasteiger partial charge >= 0.3 is 0 Å². The van der Waals surface area contributed by atoms with Gasteiger partial charge in [0.25, 0.3) is 0 Å². The first kappa shape index (κ1) is 17.4. The second-order valence-electron chi connectivity index (χ2n) is 6.35. The van der Waals surface area contributed by atoms with Crippen molar-refractivity contribution in [3.63, 3.8) is 0 Å². The molecule has 1 unspecified atom stereocenters. The molecule has 1 aromatic carbocycles. The Morgan fingerprint density at radius 2 is 2.00 bits per heavy atom. The molecule has 0 aromatic heterocycles. The predicted octanol–water partition coefficient (Wildman–Crippen LogP) is 3.82. The number of rotatable bonds is 4. The highest BCUT2D eigenvalue weighted by Crippen LogP contribution is 2.38. The van der Waals surface area contributed by atoms with Crippen LogP contribution in [0.5, 0.6) is 11.5 Å². The molecule has 5 heteroatoms. The molecule has 3 nitrogen and oxygen atoms in total. The second kappa shape index (κ2) is 7.05. The van der Waals surface area contributed by atoms with Crippen molar-refractivity contribution >= 4 is 12.4 Å². The Hall–Kier alpha value is -1.00. The topological polar surface area (TPSA) is 21.7 Å². The fourth-order valence-corrected chi connectivity index (χ4v) is 3.61. The maximum atomic E-state index is 13.9. The lowest BCUT2D eigenvalue weighted by atomic mass is 9.87. The Balaban J connectivity index is 0.00000176. The maximum absolute atomic E-state index is 13.9. The van der Waals surface area contributed by atoms with E-state index in [-0.39, 0.29) is 18.2 Å². The minimum Gasteiger partial charge on any atom is -0.496 e. The summed E-state index contributed by atoms with van der Waals surface area (Å²) in [7, 11) is 1.63. The van der Waals surface area contributed by atoms with Crippen LogP contribution in [0.2, 0.25) is 0 Å². The van der Waals surface area contributed by atoms with E-state index in [1.54, 1.807) is 13.2 Å². The molecule has 0 saturated heterocycles. The van der Waals surface area contributed by atoms with E-state index in [2.05, 4.69) is 18.7 Å². The Kier molecular flexibility index (Phi) is 5.56. The van der Waals surface area contributed by atoms with Crippen LogP contribution in [0.15, 0.2) is 12.1 Å². The third kappa shape index (κ3) is 3.04. The molecule has 1 fully saturated rings. The van der Waals surface area contributed by atoms with E-state index in [1.165, 1.54) is 25.3 Å². The van der Waals surface area contributed by atoms with Crippen LogP contribution in [0.3, 0.4) is 0 Å². The van der Waals surface area contributed by atoms with Crippen LogP contribution in [0.4, 0.5) is 4.39 Å². The molecule has 1 aliphatic heterocycles. The number of hydrogen-bond donors (Lipinski definition) is 0. The van der Waals surface area contributed by atoms with Gasteiger partial charge < -0.3 is 9.47 Å². The maximum Gasteiger partial charge on any atom is 0.165 e. The molecule has 1 aromatic rings. The van der Waals surface area contributed by atoms with Crippen molar-refractivity contribution < 1.29 is 13.9 Å². The highest BCUT2D eigenvalue weighted by Gasteiger charge is 2.36. The number of benzene rings is 1. The Morgan fingerprint density at radius 3 is 2.55 bits per heavy atom. The molecule has 1 aliphatic carbocycles. The van der Waals surface area contributed by atoms with Gasteiger partial charge in [-0.25, -0.2) is 4.39 Å². The monoisotopic (exact) mass is 329 g/mol. The fraction of sp³-hybridized carbons (Fsp3) is 0.647. The molecule has 0 amide bonds. The van der Waals surface area contributed by atoms with Gasteiger partial charge in [-0.05, 0) is 45.2 Å². The predicted molar refractivity (Wildman–Crippen MR) is 87.8 cm³/mol. The molecule has 1 heterocycles. The van der Waals surface area contributed by atoms with Crippen molar-refractivity contribution in [3.05, 3.63) is 23.5 Å². The van der Waals surface area contributed by atoms with Crippen molar-refractivity contribution in [3.8, 4) is 11.5 Å². The molecule has 22 heavy (non-hydrogen) atoms. The molecular formula is C17H25ClFNO2. The molecular weight excluding hydrogens is 305 g/mol. The van der Waals surface area contributed by atoms with Crippen LogP contribution in [0, 0.1) is 5.82 Å². The normalized spacial score (nSPS) is 20.9. The van der Waals surface area contributed by atoms with Crippen molar-refractivity contribution in [1.29, 1.82) is 0 Å². The summed E-state index contributed by atoms with van der Waals surface area (Å²) in [5, 5.41) is 0. The summed E-state index contributed by atoms with van der Waals surface area (Å²) in [4.78, 5) is 2.55. The summed E-state index contributed by atoms with van der Waals surface area (Å²) < 4.78 is 25.1. The molecule has 2 aliphatic rings. The number of methoxy groups -OCH3 is 1. The summed E-state index contributed by atoms with van der Waals surface area (Å²) in [6, 6.07) is 4.55. The lowest BCUT2D eigenvalue weighted by molar-refractivity contribution is 0.0181. The van der Waals surface area contributed by atoms with Gasteiger partial charge in [-0.3, -0.25) is 4.90 Å². The Bertz CT molecular complexity index is 520. The summed E-state index contributed by atoms with van der Waals surface area (Å²) in [5.41, 5.74) is 0.874. The average molecular weight is 330 g/mol. The molecule has 1 saturated carbocycles. The van der Waals surface area contributed by atoms with Crippen LogP contribution < -0.4 is 9.47 Å². The van der Waals surface area contributed by atoms with Gasteiger partial charge in [0.2, 0.25) is 0 Å². The quantitative estimate of drug-likeness (QED) is 0.838. The molecule has 0 N–H and O–H groups in total. The van der Waals surface area contributed by atoms with E-state index in [4.69, 9.17) is 9.47 Å². The Morgan fingerprint density at radius 1 is 1.27 bits per heavy atom. The first-order valence-corrected chi connectivity index (χ1v) is 7.87. The number of fused-ring (bicyclic) bond motifs is 1. The number of nitrogens with zero attached hydrogens (tertiary/aromatic N) is 1. The first-order chi connectivity index (χ1) is 10.1. The number of halogens is 2. The van der Waals surface area contributed by atoms with Gasteiger partial charge in [0.1, 0.15) is 12.4 Å². The minimum atomic E-state index is -0.288. The molecule has 1 atom stereocenters. The zero-order valence-electron chi connectivity index (χ0n) is 13.5. The minimum absolute atomic E-state index is 0. The van der Waals surface area contributed by atoms with Crippen LogP contribution >= 0.6 is 12.4 Å². The van der Waals surface area contributed by atoms with Gasteiger partial charge in [-0.2, -0.15) is 0 Å². The van der Waals surface area contributed by atoms with Crippen LogP contribution in [0.25, 0.3) is 0 Å². The molecule has 0 spiro atoms. The van der Waals surface area contributed by atoms with Crippen LogP contribution in [-0.4, -0.2) is 36.7 Å².